The van der Waals surface area contributed by atoms with Crippen LogP contribution < -0.4 is 10.2 Å². The molecule has 0 aromatic heterocycles. The Bertz CT molecular complexity index is 421. The van der Waals surface area contributed by atoms with Crippen LogP contribution in [0.3, 0.4) is 0 Å². The molecule has 0 radical (unpaired) electrons. The van der Waals surface area contributed by atoms with Crippen LogP contribution >= 0.6 is 15.9 Å². The third-order valence-electron chi connectivity index (χ3n) is 2.93. The largest absolute Gasteiger partial charge is 0.390 e. The first-order valence-corrected chi connectivity index (χ1v) is 7.40. The molecule has 0 heterocycles. The first-order chi connectivity index (χ1) is 9.33. The van der Waals surface area contributed by atoms with E-state index in [0.29, 0.717) is 6.54 Å². The fourth-order valence-corrected chi connectivity index (χ4v) is 2.21. The van der Waals surface area contributed by atoms with E-state index in [9.17, 15) is 13.2 Å². The molecule has 1 N–H and O–H groups in total. The van der Waals surface area contributed by atoms with Gasteiger partial charge in [-0.2, -0.15) is 13.2 Å². The number of halogens is 4. The van der Waals surface area contributed by atoms with E-state index >= 15 is 0 Å². The molecule has 0 unspecified atom stereocenters. The highest BCUT2D eigenvalue weighted by molar-refractivity contribution is 9.10. The minimum atomic E-state index is -4.12. The second-order valence-corrected chi connectivity index (χ2v) is 5.65. The Labute approximate surface area is 126 Å². The second-order valence-electron chi connectivity index (χ2n) is 4.74. The van der Waals surface area contributed by atoms with Crippen molar-refractivity contribution in [2.45, 2.75) is 32.5 Å². The molecule has 0 spiro atoms. The molecular formula is C14H20BrF3N2. The zero-order chi connectivity index (χ0) is 15.2. The van der Waals surface area contributed by atoms with Crippen LogP contribution in [0.15, 0.2) is 22.7 Å². The number of rotatable bonds is 7. The number of hydrogen-bond donors (Lipinski definition) is 1. The predicted molar refractivity (Wildman–Crippen MR) is 80.1 cm³/mol. The molecule has 0 saturated carbocycles. The van der Waals surface area contributed by atoms with E-state index in [1.54, 1.807) is 11.9 Å². The lowest BCUT2D eigenvalue weighted by Crippen LogP contribution is -2.26. The molecule has 0 saturated heterocycles. The van der Waals surface area contributed by atoms with Crippen LogP contribution in [0, 0.1) is 0 Å². The van der Waals surface area contributed by atoms with Gasteiger partial charge in [0.2, 0.25) is 0 Å². The van der Waals surface area contributed by atoms with Crippen molar-refractivity contribution in [2.75, 3.05) is 25.0 Å². The van der Waals surface area contributed by atoms with Gasteiger partial charge < -0.3 is 10.2 Å². The molecule has 2 nitrogen and oxygen atoms in total. The normalized spacial score (nSPS) is 11.7. The minimum absolute atomic E-state index is 0.0409. The molecule has 0 aliphatic rings. The lowest BCUT2D eigenvalue weighted by molar-refractivity contribution is -0.132. The van der Waals surface area contributed by atoms with Crippen LogP contribution in [0.1, 0.15) is 25.3 Å². The molecule has 1 aromatic carbocycles. The maximum absolute atomic E-state index is 12.3. The van der Waals surface area contributed by atoms with E-state index in [1.165, 1.54) is 0 Å². The van der Waals surface area contributed by atoms with Crippen molar-refractivity contribution in [1.29, 1.82) is 0 Å². The lowest BCUT2D eigenvalue weighted by Gasteiger charge is -2.23. The molecule has 0 aliphatic heterocycles. The Morgan fingerprint density at radius 1 is 1.30 bits per heavy atom. The smallest absolute Gasteiger partial charge is 0.374 e. The molecule has 0 aliphatic carbocycles. The molecule has 20 heavy (non-hydrogen) atoms. The van der Waals surface area contributed by atoms with Crippen molar-refractivity contribution in [1.82, 2.24) is 5.32 Å². The van der Waals surface area contributed by atoms with E-state index < -0.39 is 12.6 Å². The third kappa shape index (κ3) is 6.13. The van der Waals surface area contributed by atoms with Gasteiger partial charge in [0.1, 0.15) is 0 Å². The topological polar surface area (TPSA) is 15.3 Å². The fourth-order valence-electron chi connectivity index (χ4n) is 1.86. The number of hydrogen-bond acceptors (Lipinski definition) is 2. The molecule has 1 rings (SSSR count). The van der Waals surface area contributed by atoms with E-state index in [4.69, 9.17) is 0 Å². The third-order valence-corrected chi connectivity index (χ3v) is 3.42. The molecule has 6 heteroatoms. The van der Waals surface area contributed by atoms with Crippen LogP contribution in [0.2, 0.25) is 0 Å². The van der Waals surface area contributed by atoms with Gasteiger partial charge in [-0.3, -0.25) is 0 Å². The van der Waals surface area contributed by atoms with Gasteiger partial charge in [-0.1, -0.05) is 28.9 Å². The fraction of sp³-hybridized carbons (Fsp3) is 0.571. The van der Waals surface area contributed by atoms with E-state index in [1.807, 2.05) is 18.2 Å². The molecule has 1 aromatic rings. The average Bonchev–Trinajstić information content (AvgIpc) is 2.37. The Hall–Kier alpha value is -0.750. The van der Waals surface area contributed by atoms with Crippen LogP contribution in [0.4, 0.5) is 18.9 Å². The zero-order valence-electron chi connectivity index (χ0n) is 11.7. The average molecular weight is 353 g/mol. The summed E-state index contributed by atoms with van der Waals surface area (Å²) in [5.74, 6) is 0. The summed E-state index contributed by atoms with van der Waals surface area (Å²) < 4.78 is 37.8. The first-order valence-electron chi connectivity index (χ1n) is 6.60. The Morgan fingerprint density at radius 2 is 2.00 bits per heavy atom. The summed E-state index contributed by atoms with van der Waals surface area (Å²) in [6.45, 7) is 3.58. The maximum atomic E-state index is 12.3. The minimum Gasteiger partial charge on any atom is -0.374 e. The van der Waals surface area contributed by atoms with E-state index in [2.05, 4.69) is 28.2 Å². The molecule has 114 valence electrons. The Kier molecular flexibility index (Phi) is 6.82. The van der Waals surface area contributed by atoms with Crippen molar-refractivity contribution < 1.29 is 13.2 Å². The van der Waals surface area contributed by atoms with Crippen molar-refractivity contribution in [3.05, 3.63) is 28.2 Å². The predicted octanol–water partition coefficient (Wildman–Crippen LogP) is 4.34. The number of nitrogens with zero attached hydrogens (tertiary/aromatic N) is 1. The summed E-state index contributed by atoms with van der Waals surface area (Å²) in [5, 5.41) is 3.27. The SMILES string of the molecule is CCCNCc1ccc(Br)cc1N(C)CCC(F)(F)F. The highest BCUT2D eigenvalue weighted by atomic mass is 79.9. The lowest BCUT2D eigenvalue weighted by atomic mass is 10.1. The van der Waals surface area contributed by atoms with Crippen LogP contribution in [0.5, 0.6) is 0 Å². The molecular weight excluding hydrogens is 333 g/mol. The van der Waals surface area contributed by atoms with Crippen molar-refractivity contribution in [3.8, 4) is 0 Å². The Balaban J connectivity index is 2.77. The summed E-state index contributed by atoms with van der Waals surface area (Å²) >= 11 is 3.37. The van der Waals surface area contributed by atoms with Gasteiger partial charge >= 0.3 is 6.18 Å². The molecule has 0 bridgehead atoms. The summed E-state index contributed by atoms with van der Waals surface area (Å²) in [6, 6.07) is 5.70. The van der Waals surface area contributed by atoms with Gasteiger partial charge in [-0.05, 0) is 30.7 Å². The number of nitrogens with one attached hydrogen (secondary N) is 1. The van der Waals surface area contributed by atoms with Crippen LogP contribution in [-0.4, -0.2) is 26.3 Å². The van der Waals surface area contributed by atoms with Gasteiger partial charge in [-0.25, -0.2) is 0 Å². The van der Waals surface area contributed by atoms with Crippen molar-refractivity contribution >= 4 is 21.6 Å². The Morgan fingerprint density at radius 3 is 2.60 bits per heavy atom. The molecule has 0 amide bonds. The summed E-state index contributed by atoms with van der Waals surface area (Å²) in [4.78, 5) is 1.65. The van der Waals surface area contributed by atoms with E-state index in [0.717, 1.165) is 28.7 Å². The summed E-state index contributed by atoms with van der Waals surface area (Å²) in [6.07, 6.45) is -3.91. The van der Waals surface area contributed by atoms with Gasteiger partial charge in [0.15, 0.2) is 0 Å². The highest BCUT2D eigenvalue weighted by Gasteiger charge is 2.27. The standard InChI is InChI=1S/C14H20BrF3N2/c1-3-7-19-10-11-4-5-12(15)9-13(11)20(2)8-6-14(16,17)18/h4-5,9,19H,3,6-8,10H2,1-2H3. The zero-order valence-corrected chi connectivity index (χ0v) is 13.3. The van der Waals surface area contributed by atoms with Gasteiger partial charge in [0.25, 0.3) is 0 Å². The van der Waals surface area contributed by atoms with Gasteiger partial charge in [0.05, 0.1) is 6.42 Å². The highest BCUT2D eigenvalue weighted by Crippen LogP contribution is 2.27. The second kappa shape index (κ2) is 7.88. The molecule has 0 fully saturated rings. The number of anilines is 1. The van der Waals surface area contributed by atoms with Crippen LogP contribution in [-0.2, 0) is 6.54 Å². The quantitative estimate of drug-likeness (QED) is 0.734. The van der Waals surface area contributed by atoms with E-state index in [-0.39, 0.29) is 6.54 Å². The maximum Gasteiger partial charge on any atom is 0.390 e. The monoisotopic (exact) mass is 352 g/mol. The summed E-state index contributed by atoms with van der Waals surface area (Å²) in [7, 11) is 1.69. The van der Waals surface area contributed by atoms with Crippen molar-refractivity contribution in [3.63, 3.8) is 0 Å². The van der Waals surface area contributed by atoms with Gasteiger partial charge in [-0.15, -0.1) is 0 Å². The first kappa shape index (κ1) is 17.3. The number of benzene rings is 1. The van der Waals surface area contributed by atoms with Crippen LogP contribution in [0.25, 0.3) is 0 Å². The molecule has 0 atom stereocenters. The van der Waals surface area contributed by atoms with Gasteiger partial charge in [0, 0.05) is 30.3 Å². The summed E-state index contributed by atoms with van der Waals surface area (Å²) in [5.41, 5.74) is 1.83. The van der Waals surface area contributed by atoms with Crippen molar-refractivity contribution in [2.24, 2.45) is 0 Å². The number of alkyl halides is 3.